The topological polar surface area (TPSA) is 178 Å². The van der Waals surface area contributed by atoms with Gasteiger partial charge in [0.05, 0.1) is 18.6 Å². The number of ether oxygens (including phenoxy) is 1. The van der Waals surface area contributed by atoms with E-state index in [9.17, 15) is 24.3 Å². The minimum absolute atomic E-state index is 0.0268. The van der Waals surface area contributed by atoms with Crippen molar-refractivity contribution >= 4 is 34.6 Å². The van der Waals surface area contributed by atoms with Crippen molar-refractivity contribution in [2.45, 2.75) is 84.2 Å². The minimum Gasteiger partial charge on any atom is -0.548 e. The third kappa shape index (κ3) is 8.34. The zero-order valence-corrected chi connectivity index (χ0v) is 24.3. The van der Waals surface area contributed by atoms with E-state index in [1.807, 2.05) is 36.4 Å². The van der Waals surface area contributed by atoms with Crippen LogP contribution in [0.15, 0.2) is 47.6 Å². The molecule has 41 heavy (non-hydrogen) atoms. The lowest BCUT2D eigenvalue weighted by atomic mass is 9.85. The maximum absolute atomic E-state index is 13.8. The van der Waals surface area contributed by atoms with Gasteiger partial charge in [0.25, 0.3) is 0 Å². The van der Waals surface area contributed by atoms with Gasteiger partial charge in [0.1, 0.15) is 28.3 Å². The van der Waals surface area contributed by atoms with Crippen molar-refractivity contribution in [1.29, 1.82) is 5.53 Å². The number of carboxylic acids is 1. The number of hydrogen-bond donors (Lipinski definition) is 3. The molecule has 12 nitrogen and oxygen atoms in total. The lowest BCUT2D eigenvalue weighted by Crippen LogP contribution is -2.59. The minimum atomic E-state index is -1.47. The fourth-order valence-corrected chi connectivity index (χ4v) is 4.77. The van der Waals surface area contributed by atoms with Gasteiger partial charge in [0.15, 0.2) is 6.04 Å². The van der Waals surface area contributed by atoms with Gasteiger partial charge in [-0.3, -0.25) is 9.59 Å². The first kappa shape index (κ1) is 31.2. The first-order valence-electron chi connectivity index (χ1n) is 13.4. The highest BCUT2D eigenvalue weighted by atomic mass is 16.6. The van der Waals surface area contributed by atoms with E-state index in [2.05, 4.69) is 20.7 Å². The number of alkyl carbamates (subject to hydrolysis) is 1. The first-order chi connectivity index (χ1) is 19.1. The number of nitrogens with one attached hydrogen (secondary N) is 3. The predicted octanol–water partition coefficient (Wildman–Crippen LogP) is 2.08. The van der Waals surface area contributed by atoms with E-state index in [0.29, 0.717) is 5.56 Å². The van der Waals surface area contributed by atoms with Crippen LogP contribution in [0.5, 0.6) is 0 Å². The SMILES string of the molecule is CC(C)(C)OC(=O)NC(C(=O)N1C[C@@H](N=[N+]=N)C[C@H]1C(=O)NC(Cc1ccc2ccccc2c1)C(=O)[O-])C(C)(C)C. The van der Waals surface area contributed by atoms with Crippen LogP contribution in [0.1, 0.15) is 53.5 Å². The van der Waals surface area contributed by atoms with Crippen molar-refractivity contribution in [2.75, 3.05) is 6.54 Å². The number of aliphatic carboxylic acids is 1. The van der Waals surface area contributed by atoms with Crippen molar-refractivity contribution in [2.24, 2.45) is 10.5 Å². The third-order valence-electron chi connectivity index (χ3n) is 6.71. The smallest absolute Gasteiger partial charge is 0.408 e. The number of nitrogens with zero attached hydrogens (tertiary/aromatic N) is 3. The zero-order valence-electron chi connectivity index (χ0n) is 24.3. The van der Waals surface area contributed by atoms with E-state index in [4.69, 9.17) is 10.3 Å². The van der Waals surface area contributed by atoms with Crippen molar-refractivity contribution in [3.8, 4) is 0 Å². The van der Waals surface area contributed by atoms with Crippen LogP contribution >= 0.6 is 0 Å². The molecule has 2 aromatic carbocycles. The molecule has 1 saturated heterocycles. The van der Waals surface area contributed by atoms with Crippen molar-refractivity contribution in [3.05, 3.63) is 48.0 Å². The summed E-state index contributed by atoms with van der Waals surface area (Å²) in [6.07, 6.45) is -0.792. The molecule has 0 aromatic heterocycles. The Labute approximate surface area is 239 Å². The van der Waals surface area contributed by atoms with Gasteiger partial charge in [0.2, 0.25) is 16.7 Å². The molecule has 220 valence electrons. The Morgan fingerprint density at radius 1 is 1.07 bits per heavy atom. The molecule has 1 aliphatic heterocycles. The van der Waals surface area contributed by atoms with Gasteiger partial charge < -0.3 is 30.2 Å². The zero-order chi connectivity index (χ0) is 30.5. The number of amides is 3. The molecule has 1 heterocycles. The molecular weight excluding hydrogens is 528 g/mol. The molecule has 0 radical (unpaired) electrons. The quantitative estimate of drug-likeness (QED) is 0.325. The second kappa shape index (κ2) is 12.5. The van der Waals surface area contributed by atoms with Gasteiger partial charge in [-0.05, 0) is 48.9 Å². The lowest BCUT2D eigenvalue weighted by molar-refractivity contribution is -0.308. The van der Waals surface area contributed by atoms with Gasteiger partial charge >= 0.3 is 6.09 Å². The third-order valence-corrected chi connectivity index (χ3v) is 6.71. The Balaban J connectivity index is 1.84. The molecule has 3 amide bonds. The Hall–Kier alpha value is -4.31. The van der Waals surface area contributed by atoms with E-state index < -0.39 is 59.1 Å². The van der Waals surface area contributed by atoms with E-state index in [-0.39, 0.29) is 19.4 Å². The Morgan fingerprint density at radius 2 is 1.73 bits per heavy atom. The number of benzene rings is 2. The highest BCUT2D eigenvalue weighted by Crippen LogP contribution is 2.28. The van der Waals surface area contributed by atoms with E-state index in [0.717, 1.165) is 10.8 Å². The van der Waals surface area contributed by atoms with Crippen molar-refractivity contribution < 1.29 is 29.0 Å². The van der Waals surface area contributed by atoms with Crippen LogP contribution < -0.4 is 20.7 Å². The number of hydrogen-bond acceptors (Lipinski definition) is 8. The van der Waals surface area contributed by atoms with Crippen LogP contribution in [0.3, 0.4) is 0 Å². The van der Waals surface area contributed by atoms with Crippen LogP contribution in [0.4, 0.5) is 4.79 Å². The molecule has 0 bridgehead atoms. The summed E-state index contributed by atoms with van der Waals surface area (Å²) in [5, 5.41) is 22.9. The van der Waals surface area contributed by atoms with Crippen LogP contribution in [0, 0.1) is 10.9 Å². The standard InChI is InChI=1S/C29H38N6O6/c1-28(2,3)23(32-27(40)41-29(4,5)6)25(37)35-16-20(33-34-30)15-22(35)24(36)31-21(26(38)39)14-17-11-12-18-9-7-8-10-19(18)13-17/h7-13,20-23,30H,14-16H2,1-6H3,(H2-,31,32,36,38,39,40)/t20-,21?,22-,23?/m0/s1. The number of carbonyl (C=O) groups is 4. The summed E-state index contributed by atoms with van der Waals surface area (Å²) < 4.78 is 5.34. The molecule has 2 aromatic rings. The van der Waals surface area contributed by atoms with Gasteiger partial charge in [-0.25, -0.2) is 4.79 Å². The molecular formula is C29H38N6O6. The van der Waals surface area contributed by atoms with Gasteiger partial charge in [-0.1, -0.05) is 63.2 Å². The molecule has 3 N–H and O–H groups in total. The van der Waals surface area contributed by atoms with Gasteiger partial charge in [-0.15, -0.1) is 0 Å². The van der Waals surface area contributed by atoms with E-state index in [1.54, 1.807) is 47.6 Å². The van der Waals surface area contributed by atoms with Crippen LogP contribution in [-0.4, -0.2) is 65.1 Å². The highest BCUT2D eigenvalue weighted by molar-refractivity contribution is 5.94. The largest absolute Gasteiger partial charge is 0.548 e. The summed E-state index contributed by atoms with van der Waals surface area (Å²) in [6, 6.07) is 8.94. The average Bonchev–Trinajstić information content (AvgIpc) is 3.29. The van der Waals surface area contributed by atoms with Crippen molar-refractivity contribution in [3.63, 3.8) is 0 Å². The Kier molecular flexibility index (Phi) is 9.49. The van der Waals surface area contributed by atoms with E-state index >= 15 is 0 Å². The number of carboxylic acid groups (broad SMARTS) is 1. The van der Waals surface area contributed by atoms with Crippen LogP contribution in [-0.2, 0) is 25.5 Å². The maximum Gasteiger partial charge on any atom is 0.408 e. The Bertz CT molecular complexity index is 1360. The monoisotopic (exact) mass is 566 g/mol. The molecule has 1 aliphatic rings. The molecule has 3 rings (SSSR count). The number of carbonyl (C=O) groups excluding carboxylic acids is 4. The Morgan fingerprint density at radius 3 is 2.32 bits per heavy atom. The first-order valence-corrected chi connectivity index (χ1v) is 13.4. The van der Waals surface area contributed by atoms with Gasteiger partial charge in [-0.2, -0.15) is 0 Å². The van der Waals surface area contributed by atoms with Crippen molar-refractivity contribution in [1.82, 2.24) is 20.4 Å². The summed E-state index contributed by atoms with van der Waals surface area (Å²) in [7, 11) is 0. The molecule has 0 saturated carbocycles. The summed E-state index contributed by atoms with van der Waals surface area (Å²) in [4.78, 5) is 56.3. The summed E-state index contributed by atoms with van der Waals surface area (Å²) >= 11 is 0. The van der Waals surface area contributed by atoms with Gasteiger partial charge in [0, 0.05) is 6.42 Å². The summed E-state index contributed by atoms with van der Waals surface area (Å²) in [5.74, 6) is -2.74. The fraction of sp³-hybridized carbons (Fsp3) is 0.517. The lowest BCUT2D eigenvalue weighted by Gasteiger charge is -2.36. The number of fused-ring (bicyclic) bond motifs is 1. The second-order valence-electron chi connectivity index (χ2n) is 12.3. The summed E-state index contributed by atoms with van der Waals surface area (Å²) in [5.41, 5.74) is 6.24. The maximum atomic E-state index is 13.8. The fourth-order valence-electron chi connectivity index (χ4n) is 4.77. The van der Waals surface area contributed by atoms with Crippen LogP contribution in [0.2, 0.25) is 0 Å². The normalized spacial score (nSPS) is 18.6. The predicted molar refractivity (Wildman–Crippen MR) is 148 cm³/mol. The average molecular weight is 567 g/mol. The molecule has 0 aliphatic carbocycles. The number of likely N-dealkylation sites (tertiary alicyclic amines) is 1. The number of rotatable bonds is 8. The van der Waals surface area contributed by atoms with E-state index in [1.165, 1.54) is 4.90 Å². The van der Waals surface area contributed by atoms with Crippen LogP contribution in [0.25, 0.3) is 10.8 Å². The second-order valence-corrected chi connectivity index (χ2v) is 12.3. The molecule has 1 fully saturated rings. The molecule has 4 atom stereocenters. The molecule has 12 heteroatoms. The summed E-state index contributed by atoms with van der Waals surface area (Å²) in [6.45, 7) is 10.3. The molecule has 2 unspecified atom stereocenters. The molecule has 0 spiro atoms. The highest BCUT2D eigenvalue weighted by Gasteiger charge is 2.47.